The summed E-state index contributed by atoms with van der Waals surface area (Å²) in [6.07, 6.45) is -4.22. The maximum absolute atomic E-state index is 15.1. The molecule has 1 amide bonds. The average Bonchev–Trinajstić information content (AvgIpc) is 3.77. The fourth-order valence-electron chi connectivity index (χ4n) is 7.79. The number of nitrogens with zero attached hydrogens (tertiary/aromatic N) is 5. The van der Waals surface area contributed by atoms with Crippen LogP contribution < -0.4 is 26.4 Å². The molecule has 3 aliphatic rings. The summed E-state index contributed by atoms with van der Waals surface area (Å²) in [4.78, 5) is 35.5. The van der Waals surface area contributed by atoms with E-state index in [1.54, 1.807) is 55.6 Å². The van der Waals surface area contributed by atoms with Crippen LogP contribution in [0.25, 0.3) is 16.8 Å². The molecule has 7 rings (SSSR count). The molecule has 0 aliphatic carbocycles. The molecule has 1 spiro atoms. The number of piperidine rings is 1. The van der Waals surface area contributed by atoms with Crippen molar-refractivity contribution >= 4 is 17.8 Å². The van der Waals surface area contributed by atoms with Gasteiger partial charge in [-0.3, -0.25) is 19.8 Å². The maximum Gasteiger partial charge on any atom is 0.429 e. The van der Waals surface area contributed by atoms with Crippen LogP contribution in [0, 0.1) is 12.3 Å². The van der Waals surface area contributed by atoms with Crippen LogP contribution in [0.5, 0.6) is 5.88 Å². The fraction of sp³-hybridized carbons (Fsp3) is 0.447. The van der Waals surface area contributed by atoms with Crippen LogP contribution in [0.3, 0.4) is 0 Å². The molecule has 14 nitrogen and oxygen atoms in total. The average molecular weight is 764 g/mol. The third-order valence-corrected chi connectivity index (χ3v) is 10.6. The highest BCUT2D eigenvalue weighted by atomic mass is 19.4. The molecule has 0 radical (unpaired) electrons. The van der Waals surface area contributed by atoms with E-state index in [0.717, 1.165) is 13.1 Å². The highest BCUT2D eigenvalue weighted by molar-refractivity contribution is 5.94. The molecule has 6 N–H and O–H groups in total. The highest BCUT2D eigenvalue weighted by Crippen LogP contribution is 2.50. The van der Waals surface area contributed by atoms with Crippen molar-refractivity contribution in [2.45, 2.75) is 50.6 Å². The summed E-state index contributed by atoms with van der Waals surface area (Å²) in [5.74, 6) is -1.94. The van der Waals surface area contributed by atoms with Gasteiger partial charge in [0, 0.05) is 49.6 Å². The number of rotatable bonds is 11. The summed E-state index contributed by atoms with van der Waals surface area (Å²) in [6.45, 7) is 7.25. The van der Waals surface area contributed by atoms with Gasteiger partial charge in [0.1, 0.15) is 6.04 Å². The lowest BCUT2D eigenvalue weighted by atomic mass is 9.71. The number of carboxylic acid groups (broad SMARTS) is 1. The Hall–Kier alpha value is -5.10. The van der Waals surface area contributed by atoms with Crippen LogP contribution >= 0.6 is 0 Å². The molecule has 3 fully saturated rings. The SMILES string of the molecule is Cc1ccn(-c2cc(-c3ccc(C(=O)NCCN4CCOCC4)cc3)ccc2[C@@H](Oc2cc(C3NC(C(=O)O)CC34CCNCC4)nc(N)n2)C(F)(F)F)n1. The lowest BCUT2D eigenvalue weighted by molar-refractivity contribution is -0.198. The van der Waals surface area contributed by atoms with Gasteiger partial charge in [0.25, 0.3) is 5.91 Å². The number of carboxylic acids is 1. The van der Waals surface area contributed by atoms with Gasteiger partial charge < -0.3 is 30.9 Å². The number of halogens is 3. The molecule has 55 heavy (non-hydrogen) atoms. The molecule has 3 aliphatic heterocycles. The number of aliphatic carboxylic acids is 1. The standard InChI is InChI=1S/C38H44F3N9O5/c1-23-8-14-50(48-23)30-20-26(24-2-4-25(5-3-24)34(51)44-13-15-49-16-18-54-19-17-49)6-7-27(30)33(38(39,40)41)55-31-21-28(46-36(42)47-31)32-37(9-11-43-12-10-37)22-29(45-32)35(52)53/h2-8,14,20-21,29,32-33,43,45H,9-13,15-19,22H2,1H3,(H,44,51)(H,52,53)(H2,42,46,47)/t29?,32?,33-/m1/s1. The number of nitrogens with one attached hydrogen (secondary N) is 3. The minimum atomic E-state index is -4.91. The molecule has 3 atom stereocenters. The van der Waals surface area contributed by atoms with E-state index in [0.29, 0.717) is 81.0 Å². The molecule has 2 aromatic heterocycles. The van der Waals surface area contributed by atoms with Gasteiger partial charge in [-0.2, -0.15) is 23.3 Å². The lowest BCUT2D eigenvalue weighted by Gasteiger charge is -2.38. The molecule has 0 bridgehead atoms. The first kappa shape index (κ1) is 38.2. The fourth-order valence-corrected chi connectivity index (χ4v) is 7.79. The number of nitrogens with two attached hydrogens (primary N) is 1. The summed E-state index contributed by atoms with van der Waals surface area (Å²) < 4.78 is 57.7. The maximum atomic E-state index is 15.1. The Morgan fingerprint density at radius 3 is 2.47 bits per heavy atom. The molecule has 2 unspecified atom stereocenters. The first-order valence-electron chi connectivity index (χ1n) is 18.3. The molecule has 4 aromatic rings. The molecule has 5 heterocycles. The van der Waals surface area contributed by atoms with Gasteiger partial charge in [-0.1, -0.05) is 24.3 Å². The van der Waals surface area contributed by atoms with Crippen molar-refractivity contribution in [3.8, 4) is 22.7 Å². The number of benzene rings is 2. The topological polar surface area (TPSA) is 182 Å². The minimum absolute atomic E-state index is 0.121. The predicted octanol–water partition coefficient (Wildman–Crippen LogP) is 3.82. The number of amides is 1. The summed E-state index contributed by atoms with van der Waals surface area (Å²) >= 11 is 0. The van der Waals surface area contributed by atoms with E-state index in [2.05, 4.69) is 35.9 Å². The minimum Gasteiger partial charge on any atom is -0.480 e. The van der Waals surface area contributed by atoms with Gasteiger partial charge in [-0.15, -0.1) is 0 Å². The number of alkyl halides is 3. The summed E-state index contributed by atoms with van der Waals surface area (Å²) in [7, 11) is 0. The molecule has 2 aromatic carbocycles. The third-order valence-electron chi connectivity index (χ3n) is 10.6. The van der Waals surface area contributed by atoms with E-state index in [-0.39, 0.29) is 28.8 Å². The molecule has 292 valence electrons. The van der Waals surface area contributed by atoms with E-state index in [1.807, 2.05) is 0 Å². The smallest absolute Gasteiger partial charge is 0.429 e. The van der Waals surface area contributed by atoms with Crippen molar-refractivity contribution in [2.75, 3.05) is 58.2 Å². The number of carbonyl (C=O) groups is 2. The highest BCUT2D eigenvalue weighted by Gasteiger charge is 2.51. The van der Waals surface area contributed by atoms with E-state index >= 15 is 13.2 Å². The van der Waals surface area contributed by atoms with Crippen LogP contribution in [0.1, 0.15) is 58.7 Å². The van der Waals surface area contributed by atoms with E-state index in [9.17, 15) is 14.7 Å². The number of ether oxygens (including phenoxy) is 2. The second-order valence-electron chi connectivity index (χ2n) is 14.3. The molecule has 3 saturated heterocycles. The summed E-state index contributed by atoms with van der Waals surface area (Å²) in [5, 5.41) is 23.6. The van der Waals surface area contributed by atoms with Crippen LogP contribution in [-0.4, -0.2) is 106 Å². The first-order valence-corrected chi connectivity index (χ1v) is 18.3. The van der Waals surface area contributed by atoms with Crippen molar-refractivity contribution < 1.29 is 37.3 Å². The van der Waals surface area contributed by atoms with Crippen molar-refractivity contribution in [2.24, 2.45) is 5.41 Å². The van der Waals surface area contributed by atoms with Crippen LogP contribution in [0.2, 0.25) is 0 Å². The number of anilines is 1. The Bertz CT molecular complexity index is 2000. The van der Waals surface area contributed by atoms with Gasteiger partial charge >= 0.3 is 12.1 Å². The normalized spacial score (nSPS) is 20.7. The quantitative estimate of drug-likeness (QED) is 0.149. The van der Waals surface area contributed by atoms with E-state index < -0.39 is 41.6 Å². The number of morpholine rings is 1. The van der Waals surface area contributed by atoms with E-state index in [4.69, 9.17) is 15.2 Å². The Morgan fingerprint density at radius 2 is 1.80 bits per heavy atom. The zero-order valence-electron chi connectivity index (χ0n) is 30.3. The Kier molecular flexibility index (Phi) is 11.1. The van der Waals surface area contributed by atoms with E-state index in [1.165, 1.54) is 16.8 Å². The number of aryl methyl sites for hydroxylation is 1. The van der Waals surface area contributed by atoms with Crippen molar-refractivity contribution in [1.29, 1.82) is 0 Å². The van der Waals surface area contributed by atoms with Crippen LogP contribution in [-0.2, 0) is 9.53 Å². The van der Waals surface area contributed by atoms with Gasteiger partial charge in [-0.25, -0.2) is 9.67 Å². The van der Waals surface area contributed by atoms with Crippen LogP contribution in [0.15, 0.2) is 60.8 Å². The number of nitrogen functional groups attached to an aromatic ring is 1. The van der Waals surface area contributed by atoms with Crippen LogP contribution in [0.4, 0.5) is 19.1 Å². The molecule has 17 heteroatoms. The second kappa shape index (κ2) is 15.9. The predicted molar refractivity (Wildman–Crippen MR) is 196 cm³/mol. The first-order chi connectivity index (χ1) is 26.4. The monoisotopic (exact) mass is 763 g/mol. The van der Waals surface area contributed by atoms with Crippen molar-refractivity contribution in [3.05, 3.63) is 83.3 Å². The van der Waals surface area contributed by atoms with Gasteiger partial charge in [-0.05, 0) is 80.1 Å². The summed E-state index contributed by atoms with van der Waals surface area (Å²) in [6, 6.07) is 12.9. The number of hydrogen-bond acceptors (Lipinski definition) is 11. The van der Waals surface area contributed by atoms with Gasteiger partial charge in [0.2, 0.25) is 17.9 Å². The number of hydrogen-bond donors (Lipinski definition) is 5. The molecular weight excluding hydrogens is 719 g/mol. The zero-order chi connectivity index (χ0) is 38.7. The largest absolute Gasteiger partial charge is 0.480 e. The van der Waals surface area contributed by atoms with Gasteiger partial charge in [0.05, 0.1) is 36.3 Å². The Balaban J connectivity index is 1.16. The third kappa shape index (κ3) is 8.59. The van der Waals surface area contributed by atoms with Crippen molar-refractivity contribution in [1.82, 2.24) is 40.6 Å². The second-order valence-corrected chi connectivity index (χ2v) is 14.3. The Morgan fingerprint density at radius 1 is 1.07 bits per heavy atom. The number of aromatic nitrogens is 4. The number of carbonyl (C=O) groups excluding carboxylic acids is 1. The Labute approximate surface area is 315 Å². The lowest BCUT2D eigenvalue weighted by Crippen LogP contribution is -2.41. The van der Waals surface area contributed by atoms with Crippen molar-refractivity contribution in [3.63, 3.8) is 0 Å². The summed E-state index contributed by atoms with van der Waals surface area (Å²) in [5.41, 5.74) is 8.04. The zero-order valence-corrected chi connectivity index (χ0v) is 30.3. The molecular formula is C38H44F3N9O5. The van der Waals surface area contributed by atoms with Gasteiger partial charge in [0.15, 0.2) is 0 Å². The molecule has 0 saturated carbocycles.